The number of nitrogens with zero attached hydrogens (tertiary/aromatic N) is 2. The third-order valence-electron chi connectivity index (χ3n) is 1.54. The summed E-state index contributed by atoms with van der Waals surface area (Å²) in [7, 11) is 0. The summed E-state index contributed by atoms with van der Waals surface area (Å²) in [6.07, 6.45) is 7.83. The van der Waals surface area contributed by atoms with Crippen LogP contribution in [0.3, 0.4) is 0 Å². The first-order chi connectivity index (χ1) is 6.56. The molecule has 0 bridgehead atoms. The Balaban J connectivity index is 0. The van der Waals surface area contributed by atoms with Crippen LogP contribution >= 0.6 is 0 Å². The summed E-state index contributed by atoms with van der Waals surface area (Å²) in [5, 5.41) is 0. The highest BCUT2D eigenvalue weighted by atomic mass is 14.7. The van der Waals surface area contributed by atoms with Crippen LogP contribution in [0.5, 0.6) is 0 Å². The summed E-state index contributed by atoms with van der Waals surface area (Å²) in [6, 6.07) is 0. The van der Waals surface area contributed by atoms with Gasteiger partial charge in [-0.25, -0.2) is 0 Å². The predicted molar refractivity (Wildman–Crippen MR) is 63.1 cm³/mol. The first-order valence-electron chi connectivity index (χ1n) is 5.26. The molecule has 2 heteroatoms. The maximum Gasteiger partial charge on any atom is 0.0451 e. The third-order valence-corrected chi connectivity index (χ3v) is 1.54. The van der Waals surface area contributed by atoms with Gasteiger partial charge in [0.1, 0.15) is 0 Å². The standard InChI is InChI=1S/C6H14.C4H4N2.C2H6/c1-5-6(2,3)4;1-2-6-4-3-5-1;1-2/h5H2,1-4H3;1-4H;1-2H3. The van der Waals surface area contributed by atoms with Gasteiger partial charge in [0.2, 0.25) is 0 Å². The van der Waals surface area contributed by atoms with E-state index in [9.17, 15) is 0 Å². The molecule has 0 amide bonds. The highest BCUT2D eigenvalue weighted by Gasteiger charge is 2.03. The predicted octanol–water partition coefficient (Wildman–Crippen LogP) is 3.95. The molecule has 0 saturated heterocycles. The third kappa shape index (κ3) is 17.2. The lowest BCUT2D eigenvalue weighted by atomic mass is 9.94. The Morgan fingerprint density at radius 2 is 1.07 bits per heavy atom. The maximum atomic E-state index is 3.72. The minimum atomic E-state index is 0.542. The van der Waals surface area contributed by atoms with Gasteiger partial charge in [-0.2, -0.15) is 0 Å². The monoisotopic (exact) mass is 196 g/mol. The van der Waals surface area contributed by atoms with E-state index >= 15 is 0 Å². The number of hydrogen-bond acceptors (Lipinski definition) is 2. The van der Waals surface area contributed by atoms with Gasteiger partial charge in [-0.3, -0.25) is 9.97 Å². The van der Waals surface area contributed by atoms with Crippen molar-refractivity contribution >= 4 is 0 Å². The van der Waals surface area contributed by atoms with Crippen molar-refractivity contribution in [1.82, 2.24) is 9.97 Å². The van der Waals surface area contributed by atoms with Gasteiger partial charge in [-0.1, -0.05) is 48.0 Å². The molecule has 0 radical (unpaired) electrons. The Labute approximate surface area is 88.8 Å². The normalized spacial score (nSPS) is 9.00. The van der Waals surface area contributed by atoms with Crippen molar-refractivity contribution in [2.75, 3.05) is 0 Å². The summed E-state index contributed by atoms with van der Waals surface area (Å²) < 4.78 is 0. The van der Waals surface area contributed by atoms with E-state index < -0.39 is 0 Å². The van der Waals surface area contributed by atoms with Gasteiger partial charge in [0, 0.05) is 24.8 Å². The van der Waals surface area contributed by atoms with E-state index in [2.05, 4.69) is 37.7 Å². The fourth-order valence-electron chi connectivity index (χ4n) is 0.253. The highest BCUT2D eigenvalue weighted by Crippen LogP contribution is 2.16. The summed E-state index contributed by atoms with van der Waals surface area (Å²) >= 11 is 0. The summed E-state index contributed by atoms with van der Waals surface area (Å²) in [4.78, 5) is 7.44. The van der Waals surface area contributed by atoms with Crippen LogP contribution in [-0.4, -0.2) is 9.97 Å². The Hall–Kier alpha value is -0.920. The van der Waals surface area contributed by atoms with Crippen LogP contribution in [0.25, 0.3) is 0 Å². The van der Waals surface area contributed by atoms with Gasteiger partial charge in [-0.05, 0) is 5.41 Å². The van der Waals surface area contributed by atoms with Crippen molar-refractivity contribution in [3.63, 3.8) is 0 Å². The Morgan fingerprint density at radius 3 is 1.14 bits per heavy atom. The van der Waals surface area contributed by atoms with Gasteiger partial charge in [0.05, 0.1) is 0 Å². The summed E-state index contributed by atoms with van der Waals surface area (Å²) in [5.41, 5.74) is 0.542. The first-order valence-corrected chi connectivity index (χ1v) is 5.26. The minimum absolute atomic E-state index is 0.542. The topological polar surface area (TPSA) is 25.8 Å². The van der Waals surface area contributed by atoms with E-state index in [0.29, 0.717) is 5.41 Å². The largest absolute Gasteiger partial charge is 0.262 e. The molecule has 0 N–H and O–H groups in total. The molecule has 82 valence electrons. The van der Waals surface area contributed by atoms with Crippen molar-refractivity contribution in [1.29, 1.82) is 0 Å². The second-order valence-corrected chi connectivity index (χ2v) is 3.81. The lowest BCUT2D eigenvalue weighted by Gasteiger charge is -2.12. The molecule has 14 heavy (non-hydrogen) atoms. The summed E-state index contributed by atoms with van der Waals surface area (Å²) in [6.45, 7) is 12.9. The zero-order chi connectivity index (χ0) is 11.4. The van der Waals surface area contributed by atoms with Gasteiger partial charge < -0.3 is 0 Å². The molecule has 1 heterocycles. The van der Waals surface area contributed by atoms with Crippen molar-refractivity contribution in [2.24, 2.45) is 5.41 Å². The van der Waals surface area contributed by atoms with Crippen LogP contribution in [0.4, 0.5) is 0 Å². The van der Waals surface area contributed by atoms with E-state index in [1.807, 2.05) is 13.8 Å². The van der Waals surface area contributed by atoms with Gasteiger partial charge in [0.15, 0.2) is 0 Å². The lowest BCUT2D eigenvalue weighted by Crippen LogP contribution is -2.00. The Bertz CT molecular complexity index is 151. The van der Waals surface area contributed by atoms with E-state index in [-0.39, 0.29) is 0 Å². The van der Waals surface area contributed by atoms with Crippen LogP contribution in [-0.2, 0) is 0 Å². The number of hydrogen-bond donors (Lipinski definition) is 0. The highest BCUT2D eigenvalue weighted by molar-refractivity contribution is 4.70. The van der Waals surface area contributed by atoms with Gasteiger partial charge >= 0.3 is 0 Å². The van der Waals surface area contributed by atoms with Crippen molar-refractivity contribution in [3.8, 4) is 0 Å². The molecule has 0 aliphatic heterocycles. The average molecular weight is 196 g/mol. The molecule has 0 atom stereocenters. The smallest absolute Gasteiger partial charge is 0.0451 e. The Morgan fingerprint density at radius 1 is 0.857 bits per heavy atom. The molecule has 0 aliphatic carbocycles. The molecule has 0 saturated carbocycles. The second-order valence-electron chi connectivity index (χ2n) is 3.81. The molecule has 1 aromatic rings. The van der Waals surface area contributed by atoms with Gasteiger partial charge in [0.25, 0.3) is 0 Å². The number of aromatic nitrogens is 2. The van der Waals surface area contributed by atoms with E-state index in [1.54, 1.807) is 24.8 Å². The molecule has 0 unspecified atom stereocenters. The van der Waals surface area contributed by atoms with Gasteiger partial charge in [-0.15, -0.1) is 0 Å². The van der Waals surface area contributed by atoms with E-state index in [0.717, 1.165) is 0 Å². The molecular weight excluding hydrogens is 172 g/mol. The van der Waals surface area contributed by atoms with Crippen LogP contribution in [0.2, 0.25) is 0 Å². The summed E-state index contributed by atoms with van der Waals surface area (Å²) in [5.74, 6) is 0. The number of rotatable bonds is 0. The van der Waals surface area contributed by atoms with Crippen molar-refractivity contribution < 1.29 is 0 Å². The fraction of sp³-hybridized carbons (Fsp3) is 0.667. The van der Waals surface area contributed by atoms with Crippen LogP contribution in [0, 0.1) is 5.41 Å². The molecule has 0 aliphatic rings. The zero-order valence-electron chi connectivity index (χ0n) is 10.4. The maximum absolute atomic E-state index is 3.72. The second kappa shape index (κ2) is 10.2. The zero-order valence-corrected chi connectivity index (χ0v) is 10.4. The fourth-order valence-corrected chi connectivity index (χ4v) is 0.253. The molecule has 0 spiro atoms. The molecular formula is C12H24N2. The minimum Gasteiger partial charge on any atom is -0.262 e. The van der Waals surface area contributed by atoms with Crippen LogP contribution in [0.1, 0.15) is 48.0 Å². The molecule has 2 nitrogen and oxygen atoms in total. The molecule has 0 fully saturated rings. The lowest BCUT2D eigenvalue weighted by molar-refractivity contribution is 0.398. The Kier molecular flexibility index (Phi) is 11.3. The molecule has 1 aromatic heterocycles. The first kappa shape index (κ1) is 15.5. The van der Waals surface area contributed by atoms with Crippen LogP contribution in [0.15, 0.2) is 24.8 Å². The average Bonchev–Trinajstić information content (AvgIpc) is 2.23. The quantitative estimate of drug-likeness (QED) is 0.628. The van der Waals surface area contributed by atoms with E-state index in [1.165, 1.54) is 6.42 Å². The van der Waals surface area contributed by atoms with Crippen molar-refractivity contribution in [3.05, 3.63) is 24.8 Å². The van der Waals surface area contributed by atoms with E-state index in [4.69, 9.17) is 0 Å². The molecule has 1 rings (SSSR count). The molecule has 0 aromatic carbocycles. The SMILES string of the molecule is CC.CCC(C)(C)C.c1cnccn1. The van der Waals surface area contributed by atoms with Crippen LogP contribution < -0.4 is 0 Å². The van der Waals surface area contributed by atoms with Crippen molar-refractivity contribution in [2.45, 2.75) is 48.0 Å².